The molecule has 6 heteroatoms. The van der Waals surface area contributed by atoms with Crippen molar-refractivity contribution in [2.45, 2.75) is 18.9 Å². The third-order valence-corrected chi connectivity index (χ3v) is 3.51. The van der Waals surface area contributed by atoms with Crippen molar-refractivity contribution in [2.75, 3.05) is 44.9 Å². The molecule has 2 rings (SSSR count). The summed E-state index contributed by atoms with van der Waals surface area (Å²) in [4.78, 5) is 12.8. The minimum atomic E-state index is 0.400. The van der Waals surface area contributed by atoms with Gasteiger partial charge in [-0.3, -0.25) is 0 Å². The SMILES string of the molecule is COc1c(N)ncnc1N1CCC(N(C)C)CC1. The molecule has 0 aromatic carbocycles. The fourth-order valence-corrected chi connectivity index (χ4v) is 2.39. The van der Waals surface area contributed by atoms with Gasteiger partial charge in [0.1, 0.15) is 6.33 Å². The summed E-state index contributed by atoms with van der Waals surface area (Å²) in [6.07, 6.45) is 3.74. The molecule has 0 amide bonds. The molecule has 0 spiro atoms. The lowest BCUT2D eigenvalue weighted by atomic mass is 10.0. The van der Waals surface area contributed by atoms with Crippen LogP contribution in [0, 0.1) is 0 Å². The summed E-state index contributed by atoms with van der Waals surface area (Å²) in [7, 11) is 5.86. The standard InChI is InChI=1S/C12H21N5O/c1-16(2)9-4-6-17(7-5-9)12-10(18-3)11(13)14-8-15-12/h8-9H,4-7H2,1-3H3,(H2,13,14,15). The number of ether oxygens (including phenoxy) is 1. The summed E-state index contributed by atoms with van der Waals surface area (Å²) in [5.41, 5.74) is 5.80. The van der Waals surface area contributed by atoms with Gasteiger partial charge in [-0.15, -0.1) is 0 Å². The third kappa shape index (κ3) is 2.48. The second kappa shape index (κ2) is 5.39. The van der Waals surface area contributed by atoms with Crippen molar-refractivity contribution in [3.63, 3.8) is 0 Å². The topological polar surface area (TPSA) is 67.5 Å². The number of nitrogens with two attached hydrogens (primary N) is 1. The molecule has 6 nitrogen and oxygen atoms in total. The van der Waals surface area contributed by atoms with E-state index in [1.807, 2.05) is 0 Å². The number of methoxy groups -OCH3 is 1. The van der Waals surface area contributed by atoms with E-state index in [0.29, 0.717) is 17.6 Å². The predicted octanol–water partition coefficient (Wildman–Crippen LogP) is 0.598. The van der Waals surface area contributed by atoms with Crippen molar-refractivity contribution in [3.05, 3.63) is 6.33 Å². The Hall–Kier alpha value is -1.56. The number of rotatable bonds is 3. The molecule has 0 radical (unpaired) electrons. The highest BCUT2D eigenvalue weighted by molar-refractivity contribution is 5.62. The van der Waals surface area contributed by atoms with Crippen molar-refractivity contribution in [3.8, 4) is 5.75 Å². The third-order valence-electron chi connectivity index (χ3n) is 3.51. The van der Waals surface area contributed by atoms with Crippen LogP contribution in [0.4, 0.5) is 11.6 Å². The fourth-order valence-electron chi connectivity index (χ4n) is 2.39. The summed E-state index contributed by atoms with van der Waals surface area (Å²) >= 11 is 0. The van der Waals surface area contributed by atoms with Gasteiger partial charge in [-0.25, -0.2) is 9.97 Å². The molecule has 0 aliphatic carbocycles. The first-order valence-electron chi connectivity index (χ1n) is 6.19. The molecule has 2 N–H and O–H groups in total. The first kappa shape index (κ1) is 12.9. The van der Waals surface area contributed by atoms with E-state index in [0.717, 1.165) is 31.7 Å². The van der Waals surface area contributed by atoms with E-state index in [2.05, 4.69) is 33.9 Å². The molecule has 0 atom stereocenters. The fraction of sp³-hybridized carbons (Fsp3) is 0.667. The van der Waals surface area contributed by atoms with Crippen LogP contribution in [0.5, 0.6) is 5.75 Å². The molecule has 1 saturated heterocycles. The average molecular weight is 251 g/mol. The highest BCUT2D eigenvalue weighted by Gasteiger charge is 2.24. The van der Waals surface area contributed by atoms with Crippen LogP contribution in [0.15, 0.2) is 6.33 Å². The Morgan fingerprint density at radius 2 is 2.00 bits per heavy atom. The second-order valence-electron chi connectivity index (χ2n) is 4.80. The number of nitrogens with zero attached hydrogens (tertiary/aromatic N) is 4. The van der Waals surface area contributed by atoms with Gasteiger partial charge >= 0.3 is 0 Å². The molecule has 1 aromatic heterocycles. The van der Waals surface area contributed by atoms with Crippen LogP contribution in [-0.4, -0.2) is 55.2 Å². The summed E-state index contributed by atoms with van der Waals surface area (Å²) in [5.74, 6) is 1.79. The number of anilines is 2. The van der Waals surface area contributed by atoms with Crippen molar-refractivity contribution >= 4 is 11.6 Å². The van der Waals surface area contributed by atoms with Crippen LogP contribution in [0.2, 0.25) is 0 Å². The lowest BCUT2D eigenvalue weighted by molar-refractivity contribution is 0.248. The largest absolute Gasteiger partial charge is 0.490 e. The van der Waals surface area contributed by atoms with Gasteiger partial charge in [0.05, 0.1) is 7.11 Å². The quantitative estimate of drug-likeness (QED) is 0.848. The number of hydrogen-bond donors (Lipinski definition) is 1. The Morgan fingerprint density at radius 3 is 2.56 bits per heavy atom. The Morgan fingerprint density at radius 1 is 1.33 bits per heavy atom. The van der Waals surface area contributed by atoms with Crippen LogP contribution >= 0.6 is 0 Å². The van der Waals surface area contributed by atoms with Gasteiger partial charge in [0.15, 0.2) is 11.6 Å². The van der Waals surface area contributed by atoms with Gasteiger partial charge in [0.25, 0.3) is 0 Å². The summed E-state index contributed by atoms with van der Waals surface area (Å²) in [5, 5.41) is 0. The molecular formula is C12H21N5O. The molecule has 1 aromatic rings. The maximum absolute atomic E-state index is 5.80. The summed E-state index contributed by atoms with van der Waals surface area (Å²) < 4.78 is 5.30. The Balaban J connectivity index is 2.12. The highest BCUT2D eigenvalue weighted by atomic mass is 16.5. The zero-order valence-corrected chi connectivity index (χ0v) is 11.3. The number of hydrogen-bond acceptors (Lipinski definition) is 6. The van der Waals surface area contributed by atoms with E-state index in [4.69, 9.17) is 10.5 Å². The molecule has 1 aliphatic rings. The van der Waals surface area contributed by atoms with E-state index in [9.17, 15) is 0 Å². The first-order chi connectivity index (χ1) is 8.63. The van der Waals surface area contributed by atoms with Gasteiger partial charge in [0.2, 0.25) is 5.75 Å². The van der Waals surface area contributed by atoms with E-state index >= 15 is 0 Å². The van der Waals surface area contributed by atoms with Crippen LogP contribution in [-0.2, 0) is 0 Å². The lowest BCUT2D eigenvalue weighted by Crippen LogP contribution is -2.42. The zero-order valence-electron chi connectivity index (χ0n) is 11.3. The maximum atomic E-state index is 5.80. The van der Waals surface area contributed by atoms with Crippen molar-refractivity contribution in [1.82, 2.24) is 14.9 Å². The predicted molar refractivity (Wildman–Crippen MR) is 71.9 cm³/mol. The second-order valence-corrected chi connectivity index (χ2v) is 4.80. The van der Waals surface area contributed by atoms with E-state index in [1.165, 1.54) is 6.33 Å². The van der Waals surface area contributed by atoms with Gasteiger partial charge < -0.3 is 20.3 Å². The van der Waals surface area contributed by atoms with Gasteiger partial charge in [0, 0.05) is 19.1 Å². The molecule has 0 saturated carbocycles. The minimum absolute atomic E-state index is 0.400. The molecule has 18 heavy (non-hydrogen) atoms. The van der Waals surface area contributed by atoms with Crippen LogP contribution in [0.25, 0.3) is 0 Å². The van der Waals surface area contributed by atoms with Gasteiger partial charge in [-0.05, 0) is 26.9 Å². The van der Waals surface area contributed by atoms with E-state index in [1.54, 1.807) is 7.11 Å². The van der Waals surface area contributed by atoms with Crippen molar-refractivity contribution in [1.29, 1.82) is 0 Å². The number of piperidine rings is 1. The highest BCUT2D eigenvalue weighted by Crippen LogP contribution is 2.31. The first-order valence-corrected chi connectivity index (χ1v) is 6.19. The normalized spacial score (nSPS) is 17.2. The number of aromatic nitrogens is 2. The summed E-state index contributed by atoms with van der Waals surface area (Å²) in [6.45, 7) is 1.94. The van der Waals surface area contributed by atoms with E-state index < -0.39 is 0 Å². The molecule has 1 fully saturated rings. The molecular weight excluding hydrogens is 230 g/mol. The molecule has 0 unspecified atom stereocenters. The van der Waals surface area contributed by atoms with Crippen LogP contribution in [0.1, 0.15) is 12.8 Å². The molecule has 100 valence electrons. The van der Waals surface area contributed by atoms with Crippen molar-refractivity contribution in [2.24, 2.45) is 0 Å². The minimum Gasteiger partial charge on any atom is -0.490 e. The summed E-state index contributed by atoms with van der Waals surface area (Å²) in [6, 6.07) is 0.645. The van der Waals surface area contributed by atoms with Crippen molar-refractivity contribution < 1.29 is 4.74 Å². The van der Waals surface area contributed by atoms with Gasteiger partial charge in [-0.2, -0.15) is 0 Å². The van der Waals surface area contributed by atoms with Crippen LogP contribution in [0.3, 0.4) is 0 Å². The monoisotopic (exact) mass is 251 g/mol. The Bertz CT molecular complexity index is 401. The lowest BCUT2D eigenvalue weighted by Gasteiger charge is -2.36. The number of nitrogen functional groups attached to an aromatic ring is 1. The van der Waals surface area contributed by atoms with E-state index in [-0.39, 0.29) is 0 Å². The maximum Gasteiger partial charge on any atom is 0.204 e. The molecule has 0 bridgehead atoms. The Kier molecular flexibility index (Phi) is 3.86. The van der Waals surface area contributed by atoms with Gasteiger partial charge in [-0.1, -0.05) is 0 Å². The molecule has 1 aliphatic heterocycles. The Labute approximate surface area is 108 Å². The average Bonchev–Trinajstić information content (AvgIpc) is 2.38. The smallest absolute Gasteiger partial charge is 0.204 e. The van der Waals surface area contributed by atoms with Crippen LogP contribution < -0.4 is 15.4 Å². The zero-order chi connectivity index (χ0) is 13.1. The molecule has 2 heterocycles.